The fourth-order valence-electron chi connectivity index (χ4n) is 4.34. The SMILES string of the molecule is C=CC(=O)N1CCC(C(=O)N2CCC(C(O)c3ccccc3C)CC2)CC1. The van der Waals surface area contributed by atoms with Gasteiger partial charge in [-0.1, -0.05) is 30.8 Å². The standard InChI is InChI=1S/C22H30N2O3/c1-3-20(25)23-12-10-18(11-13-23)22(27)24-14-8-17(9-15-24)21(26)19-7-5-4-6-16(19)2/h3-7,17-18,21,26H,1,8-15H2,2H3. The number of aliphatic hydroxyl groups excluding tert-OH is 1. The maximum atomic E-state index is 12.8. The number of benzene rings is 1. The van der Waals surface area contributed by atoms with Gasteiger partial charge < -0.3 is 14.9 Å². The van der Waals surface area contributed by atoms with E-state index in [-0.39, 0.29) is 23.7 Å². The molecule has 1 aromatic carbocycles. The molecule has 3 rings (SSSR count). The minimum Gasteiger partial charge on any atom is -0.388 e. The smallest absolute Gasteiger partial charge is 0.245 e. The van der Waals surface area contributed by atoms with E-state index in [2.05, 4.69) is 6.58 Å². The van der Waals surface area contributed by atoms with Crippen LogP contribution in [0.25, 0.3) is 0 Å². The first-order chi connectivity index (χ1) is 13.0. The molecular weight excluding hydrogens is 340 g/mol. The third-order valence-corrected chi connectivity index (χ3v) is 6.14. The molecule has 1 atom stereocenters. The lowest BCUT2D eigenvalue weighted by atomic mass is 9.85. The van der Waals surface area contributed by atoms with E-state index >= 15 is 0 Å². The van der Waals surface area contributed by atoms with Gasteiger partial charge in [0.25, 0.3) is 0 Å². The van der Waals surface area contributed by atoms with E-state index < -0.39 is 6.10 Å². The van der Waals surface area contributed by atoms with Crippen molar-refractivity contribution in [3.63, 3.8) is 0 Å². The molecular formula is C22H30N2O3. The number of piperidine rings is 2. The molecule has 5 nitrogen and oxygen atoms in total. The predicted molar refractivity (Wildman–Crippen MR) is 105 cm³/mol. The lowest BCUT2D eigenvalue weighted by Crippen LogP contribution is -2.46. The van der Waals surface area contributed by atoms with Gasteiger partial charge in [-0.15, -0.1) is 0 Å². The molecule has 1 aromatic rings. The molecule has 5 heteroatoms. The molecule has 2 amide bonds. The van der Waals surface area contributed by atoms with Crippen LogP contribution in [0.2, 0.25) is 0 Å². The van der Waals surface area contributed by atoms with Crippen LogP contribution in [-0.4, -0.2) is 52.9 Å². The Morgan fingerprint density at radius 3 is 2.26 bits per heavy atom. The number of aryl methyl sites for hydroxylation is 1. The van der Waals surface area contributed by atoms with E-state index in [1.54, 1.807) is 4.90 Å². The van der Waals surface area contributed by atoms with Gasteiger partial charge in [-0.3, -0.25) is 9.59 Å². The molecule has 0 saturated carbocycles. The molecule has 2 heterocycles. The molecule has 0 aliphatic carbocycles. The Labute approximate surface area is 161 Å². The lowest BCUT2D eigenvalue weighted by molar-refractivity contribution is -0.141. The Balaban J connectivity index is 1.50. The molecule has 0 bridgehead atoms. The number of rotatable bonds is 4. The molecule has 0 aromatic heterocycles. The van der Waals surface area contributed by atoms with Crippen LogP contribution in [0.3, 0.4) is 0 Å². The zero-order valence-corrected chi connectivity index (χ0v) is 16.1. The Bertz CT molecular complexity index is 687. The number of amides is 2. The molecule has 1 N–H and O–H groups in total. The number of hydrogen-bond acceptors (Lipinski definition) is 3. The third-order valence-electron chi connectivity index (χ3n) is 6.14. The van der Waals surface area contributed by atoms with Crippen molar-refractivity contribution in [2.45, 2.75) is 38.7 Å². The summed E-state index contributed by atoms with van der Waals surface area (Å²) >= 11 is 0. The van der Waals surface area contributed by atoms with E-state index in [4.69, 9.17) is 0 Å². The summed E-state index contributed by atoms with van der Waals surface area (Å²) in [6, 6.07) is 7.98. The fraction of sp³-hybridized carbons (Fsp3) is 0.545. The van der Waals surface area contributed by atoms with Crippen molar-refractivity contribution in [2.75, 3.05) is 26.2 Å². The first kappa shape index (κ1) is 19.6. The van der Waals surface area contributed by atoms with Crippen LogP contribution in [0.1, 0.15) is 42.9 Å². The van der Waals surface area contributed by atoms with Gasteiger partial charge in [-0.05, 0) is 55.7 Å². The van der Waals surface area contributed by atoms with Crippen molar-refractivity contribution in [3.8, 4) is 0 Å². The van der Waals surface area contributed by atoms with Crippen molar-refractivity contribution in [2.24, 2.45) is 11.8 Å². The van der Waals surface area contributed by atoms with Crippen LogP contribution in [-0.2, 0) is 9.59 Å². The summed E-state index contributed by atoms with van der Waals surface area (Å²) in [5, 5.41) is 10.8. The lowest BCUT2D eigenvalue weighted by Gasteiger charge is -2.38. The maximum absolute atomic E-state index is 12.8. The summed E-state index contributed by atoms with van der Waals surface area (Å²) in [5.74, 6) is 0.371. The Morgan fingerprint density at radius 1 is 1.07 bits per heavy atom. The van der Waals surface area contributed by atoms with Crippen LogP contribution in [0.4, 0.5) is 0 Å². The molecule has 0 spiro atoms. The number of carbonyl (C=O) groups excluding carboxylic acids is 2. The summed E-state index contributed by atoms with van der Waals surface area (Å²) in [4.78, 5) is 28.2. The fourth-order valence-corrected chi connectivity index (χ4v) is 4.34. The van der Waals surface area contributed by atoms with Gasteiger partial charge in [0.2, 0.25) is 11.8 Å². The summed E-state index contributed by atoms with van der Waals surface area (Å²) in [6.07, 6.45) is 3.99. The highest BCUT2D eigenvalue weighted by atomic mass is 16.3. The number of aliphatic hydroxyl groups is 1. The van der Waals surface area contributed by atoms with E-state index in [1.165, 1.54) is 6.08 Å². The zero-order valence-electron chi connectivity index (χ0n) is 16.1. The zero-order chi connectivity index (χ0) is 19.4. The van der Waals surface area contributed by atoms with Crippen LogP contribution >= 0.6 is 0 Å². The van der Waals surface area contributed by atoms with Gasteiger partial charge in [-0.25, -0.2) is 0 Å². The monoisotopic (exact) mass is 370 g/mol. The third kappa shape index (κ3) is 4.41. The molecule has 0 radical (unpaired) electrons. The van der Waals surface area contributed by atoms with Crippen LogP contribution in [0.15, 0.2) is 36.9 Å². The molecule has 2 aliphatic rings. The van der Waals surface area contributed by atoms with E-state index in [9.17, 15) is 14.7 Å². The van der Waals surface area contributed by atoms with Gasteiger partial charge >= 0.3 is 0 Å². The first-order valence-corrected chi connectivity index (χ1v) is 9.95. The van der Waals surface area contributed by atoms with Crippen molar-refractivity contribution in [3.05, 3.63) is 48.0 Å². The summed E-state index contributed by atoms with van der Waals surface area (Å²) in [7, 11) is 0. The number of hydrogen-bond donors (Lipinski definition) is 1. The first-order valence-electron chi connectivity index (χ1n) is 9.95. The van der Waals surface area contributed by atoms with Crippen molar-refractivity contribution < 1.29 is 14.7 Å². The largest absolute Gasteiger partial charge is 0.388 e. The van der Waals surface area contributed by atoms with Crippen LogP contribution in [0, 0.1) is 18.8 Å². The minimum atomic E-state index is -0.461. The Hall–Kier alpha value is -2.14. The average Bonchev–Trinajstić information content (AvgIpc) is 2.73. The summed E-state index contributed by atoms with van der Waals surface area (Å²) in [5.41, 5.74) is 2.12. The molecule has 146 valence electrons. The number of carbonyl (C=O) groups is 2. The summed E-state index contributed by atoms with van der Waals surface area (Å²) < 4.78 is 0. The van der Waals surface area contributed by atoms with E-state index in [1.807, 2.05) is 36.1 Å². The van der Waals surface area contributed by atoms with E-state index in [0.717, 1.165) is 36.8 Å². The van der Waals surface area contributed by atoms with Gasteiger partial charge in [0.1, 0.15) is 0 Å². The second-order valence-corrected chi connectivity index (χ2v) is 7.77. The van der Waals surface area contributed by atoms with Crippen LogP contribution in [0.5, 0.6) is 0 Å². The van der Waals surface area contributed by atoms with Gasteiger partial charge in [0.05, 0.1) is 6.10 Å². The minimum absolute atomic E-state index is 0.0108. The second kappa shape index (κ2) is 8.70. The summed E-state index contributed by atoms with van der Waals surface area (Å²) in [6.45, 7) is 8.22. The van der Waals surface area contributed by atoms with Gasteiger partial charge in [-0.2, -0.15) is 0 Å². The van der Waals surface area contributed by atoms with Gasteiger partial charge in [0.15, 0.2) is 0 Å². The number of nitrogens with zero attached hydrogens (tertiary/aromatic N) is 2. The van der Waals surface area contributed by atoms with E-state index in [0.29, 0.717) is 26.2 Å². The topological polar surface area (TPSA) is 60.9 Å². The molecule has 2 aliphatic heterocycles. The Morgan fingerprint density at radius 2 is 1.67 bits per heavy atom. The molecule has 27 heavy (non-hydrogen) atoms. The molecule has 2 saturated heterocycles. The molecule has 1 unspecified atom stereocenters. The highest BCUT2D eigenvalue weighted by Crippen LogP contribution is 2.33. The maximum Gasteiger partial charge on any atom is 0.245 e. The Kier molecular flexibility index (Phi) is 6.32. The van der Waals surface area contributed by atoms with Crippen molar-refractivity contribution in [1.82, 2.24) is 9.80 Å². The van der Waals surface area contributed by atoms with Crippen molar-refractivity contribution >= 4 is 11.8 Å². The second-order valence-electron chi connectivity index (χ2n) is 7.77. The number of likely N-dealkylation sites (tertiary alicyclic amines) is 2. The van der Waals surface area contributed by atoms with Crippen molar-refractivity contribution in [1.29, 1.82) is 0 Å². The predicted octanol–water partition coefficient (Wildman–Crippen LogP) is 2.69. The normalized spacial score (nSPS) is 20.4. The molecule has 2 fully saturated rings. The van der Waals surface area contributed by atoms with Gasteiger partial charge in [0, 0.05) is 32.1 Å². The average molecular weight is 370 g/mol. The quantitative estimate of drug-likeness (QED) is 0.829. The highest BCUT2D eigenvalue weighted by Gasteiger charge is 2.33. The highest BCUT2D eigenvalue weighted by molar-refractivity contribution is 5.87. The van der Waals surface area contributed by atoms with Crippen LogP contribution < -0.4 is 0 Å².